The minimum absolute atomic E-state index is 0.0359. The van der Waals surface area contributed by atoms with Crippen LogP contribution in [-0.2, 0) is 0 Å². The van der Waals surface area contributed by atoms with Gasteiger partial charge in [0, 0.05) is 10.4 Å². The van der Waals surface area contributed by atoms with Crippen LogP contribution in [0.15, 0.2) is 42.5 Å². The summed E-state index contributed by atoms with van der Waals surface area (Å²) in [5.41, 5.74) is 4.33. The molecular weight excluding hydrogens is 278 g/mol. The Hall–Kier alpha value is -2.13. The Kier molecular flexibility index (Phi) is 3.52. The number of rotatable bonds is 2. The average Bonchev–Trinajstić information content (AvgIpc) is 2.86. The molecule has 0 aliphatic carbocycles. The van der Waals surface area contributed by atoms with Crippen LogP contribution in [0.2, 0.25) is 0 Å². The predicted octanol–water partition coefficient (Wildman–Crippen LogP) is 5.08. The second-order valence-corrected chi connectivity index (χ2v) is 6.46. The molecule has 3 aromatic rings. The highest BCUT2D eigenvalue weighted by Gasteiger charge is 2.13. The molecule has 0 atom stereocenters. The average molecular weight is 295 g/mol. The molecule has 0 bridgehead atoms. The van der Waals surface area contributed by atoms with Gasteiger partial charge in [-0.3, -0.25) is 4.79 Å². The van der Waals surface area contributed by atoms with Crippen molar-refractivity contribution >= 4 is 33.0 Å². The second kappa shape index (κ2) is 5.34. The van der Waals surface area contributed by atoms with E-state index in [9.17, 15) is 4.79 Å². The van der Waals surface area contributed by atoms with Gasteiger partial charge in [-0.05, 0) is 49.4 Å². The number of anilines is 1. The third-order valence-corrected chi connectivity index (χ3v) is 4.68. The number of nitrogens with one attached hydrogen (secondary N) is 1. The Balaban J connectivity index is 1.93. The van der Waals surface area contributed by atoms with E-state index in [1.54, 1.807) is 0 Å². The van der Waals surface area contributed by atoms with Crippen molar-refractivity contribution in [3.05, 3.63) is 64.0 Å². The maximum Gasteiger partial charge on any atom is 0.265 e. The van der Waals surface area contributed by atoms with Crippen molar-refractivity contribution in [3.63, 3.8) is 0 Å². The molecule has 1 heterocycles. The summed E-state index contributed by atoms with van der Waals surface area (Å²) in [5, 5.41) is 4.17. The number of carbonyl (C=O) groups is 1. The van der Waals surface area contributed by atoms with Gasteiger partial charge in [0.15, 0.2) is 0 Å². The van der Waals surface area contributed by atoms with E-state index in [0.717, 1.165) is 31.8 Å². The second-order valence-electron chi connectivity index (χ2n) is 5.38. The minimum Gasteiger partial charge on any atom is -0.321 e. The number of benzene rings is 2. The highest BCUT2D eigenvalue weighted by atomic mass is 32.1. The Bertz CT molecular complexity index is 776. The maximum atomic E-state index is 12.5. The van der Waals surface area contributed by atoms with Gasteiger partial charge in [-0.1, -0.05) is 35.9 Å². The van der Waals surface area contributed by atoms with Crippen LogP contribution < -0.4 is 5.32 Å². The molecule has 3 rings (SSSR count). The molecule has 106 valence electrons. The lowest BCUT2D eigenvalue weighted by atomic mass is 10.1. The first-order valence-corrected chi connectivity index (χ1v) is 7.74. The Morgan fingerprint density at radius 2 is 1.67 bits per heavy atom. The molecule has 21 heavy (non-hydrogen) atoms. The first-order chi connectivity index (χ1) is 10.0. The first-order valence-electron chi connectivity index (χ1n) is 6.92. The summed E-state index contributed by atoms with van der Waals surface area (Å²) >= 11 is 1.53. The number of hydrogen-bond acceptors (Lipinski definition) is 2. The molecule has 0 fully saturated rings. The van der Waals surface area contributed by atoms with E-state index in [1.165, 1.54) is 16.9 Å². The highest BCUT2D eigenvalue weighted by molar-refractivity contribution is 7.20. The molecule has 2 nitrogen and oxygen atoms in total. The molecule has 0 aliphatic rings. The molecule has 0 aliphatic heterocycles. The van der Waals surface area contributed by atoms with E-state index in [-0.39, 0.29) is 5.91 Å². The van der Waals surface area contributed by atoms with Gasteiger partial charge in [0.1, 0.15) is 0 Å². The van der Waals surface area contributed by atoms with E-state index in [0.29, 0.717) is 0 Å². The van der Waals surface area contributed by atoms with Gasteiger partial charge in [-0.15, -0.1) is 11.3 Å². The van der Waals surface area contributed by atoms with Crippen molar-refractivity contribution in [2.75, 3.05) is 5.32 Å². The summed E-state index contributed by atoms with van der Waals surface area (Å²) in [4.78, 5) is 13.2. The molecule has 0 unspecified atom stereocenters. The zero-order valence-corrected chi connectivity index (χ0v) is 13.2. The van der Waals surface area contributed by atoms with Crippen LogP contribution in [0, 0.1) is 20.8 Å². The molecule has 1 aromatic heterocycles. The lowest BCUT2D eigenvalue weighted by Crippen LogP contribution is -2.12. The van der Waals surface area contributed by atoms with Gasteiger partial charge in [0.05, 0.1) is 4.88 Å². The fourth-order valence-corrected chi connectivity index (χ4v) is 3.60. The third kappa shape index (κ3) is 2.69. The van der Waals surface area contributed by atoms with Crippen molar-refractivity contribution in [3.8, 4) is 0 Å². The quantitative estimate of drug-likeness (QED) is 0.702. The summed E-state index contributed by atoms with van der Waals surface area (Å²) < 4.78 is 1.14. The molecule has 0 spiro atoms. The molecule has 0 saturated carbocycles. The molecule has 0 saturated heterocycles. The molecule has 0 radical (unpaired) electrons. The molecule has 1 N–H and O–H groups in total. The van der Waals surface area contributed by atoms with Crippen LogP contribution in [-0.4, -0.2) is 5.91 Å². The number of thiophene rings is 1. The number of hydrogen-bond donors (Lipinski definition) is 1. The van der Waals surface area contributed by atoms with Gasteiger partial charge < -0.3 is 5.32 Å². The fraction of sp³-hybridized carbons (Fsp3) is 0.167. The maximum absolute atomic E-state index is 12.5. The van der Waals surface area contributed by atoms with E-state index in [1.807, 2.05) is 44.2 Å². The molecule has 3 heteroatoms. The van der Waals surface area contributed by atoms with Crippen LogP contribution in [0.25, 0.3) is 10.1 Å². The number of amides is 1. The topological polar surface area (TPSA) is 29.1 Å². The van der Waals surface area contributed by atoms with Crippen LogP contribution in [0.3, 0.4) is 0 Å². The molecule has 1 amide bonds. The number of carbonyl (C=O) groups excluding carboxylic acids is 1. The first kappa shape index (κ1) is 13.8. The Labute approximate surface area is 128 Å². The van der Waals surface area contributed by atoms with Crippen molar-refractivity contribution in [2.45, 2.75) is 20.8 Å². The standard InChI is InChI=1S/C18H17NOS/c1-11-8-12(2)17(13(3)9-11)19-18(20)16-10-14-6-4-5-7-15(14)21-16/h4-10H,1-3H3,(H,19,20). The summed E-state index contributed by atoms with van der Waals surface area (Å²) in [6.07, 6.45) is 0. The van der Waals surface area contributed by atoms with E-state index >= 15 is 0 Å². The lowest BCUT2D eigenvalue weighted by molar-refractivity contribution is 0.103. The van der Waals surface area contributed by atoms with E-state index in [4.69, 9.17) is 0 Å². The predicted molar refractivity (Wildman–Crippen MR) is 90.4 cm³/mol. The minimum atomic E-state index is -0.0359. The smallest absolute Gasteiger partial charge is 0.265 e. The Morgan fingerprint density at radius 1 is 1.00 bits per heavy atom. The fourth-order valence-electron chi connectivity index (χ4n) is 2.65. The molecule has 2 aromatic carbocycles. The third-order valence-electron chi connectivity index (χ3n) is 3.56. The van der Waals surface area contributed by atoms with Crippen LogP contribution in [0.4, 0.5) is 5.69 Å². The van der Waals surface area contributed by atoms with Gasteiger partial charge in [-0.2, -0.15) is 0 Å². The van der Waals surface area contributed by atoms with Gasteiger partial charge in [-0.25, -0.2) is 0 Å². The summed E-state index contributed by atoms with van der Waals surface area (Å²) in [5.74, 6) is -0.0359. The summed E-state index contributed by atoms with van der Waals surface area (Å²) in [6.45, 7) is 6.12. The van der Waals surface area contributed by atoms with Crippen molar-refractivity contribution < 1.29 is 4.79 Å². The van der Waals surface area contributed by atoms with Gasteiger partial charge in [0.2, 0.25) is 0 Å². The summed E-state index contributed by atoms with van der Waals surface area (Å²) in [7, 11) is 0. The monoisotopic (exact) mass is 295 g/mol. The van der Waals surface area contributed by atoms with Crippen molar-refractivity contribution in [2.24, 2.45) is 0 Å². The van der Waals surface area contributed by atoms with Gasteiger partial charge >= 0.3 is 0 Å². The SMILES string of the molecule is Cc1cc(C)c(NC(=O)c2cc3ccccc3s2)c(C)c1. The van der Waals surface area contributed by atoms with Crippen LogP contribution in [0.1, 0.15) is 26.4 Å². The Morgan fingerprint density at radius 3 is 2.33 bits per heavy atom. The number of aryl methyl sites for hydroxylation is 3. The van der Waals surface area contributed by atoms with E-state index in [2.05, 4.69) is 24.4 Å². The van der Waals surface area contributed by atoms with Gasteiger partial charge in [0.25, 0.3) is 5.91 Å². The zero-order valence-electron chi connectivity index (χ0n) is 12.4. The van der Waals surface area contributed by atoms with Crippen molar-refractivity contribution in [1.82, 2.24) is 0 Å². The molecular formula is C18H17NOS. The largest absolute Gasteiger partial charge is 0.321 e. The highest BCUT2D eigenvalue weighted by Crippen LogP contribution is 2.27. The van der Waals surface area contributed by atoms with Crippen molar-refractivity contribution in [1.29, 1.82) is 0 Å². The lowest BCUT2D eigenvalue weighted by Gasteiger charge is -2.12. The summed E-state index contributed by atoms with van der Waals surface area (Å²) in [6, 6.07) is 14.2. The zero-order chi connectivity index (χ0) is 15.0. The van der Waals surface area contributed by atoms with Crippen LogP contribution in [0.5, 0.6) is 0 Å². The normalized spacial score (nSPS) is 10.8. The van der Waals surface area contributed by atoms with E-state index < -0.39 is 0 Å². The van der Waals surface area contributed by atoms with Crippen LogP contribution >= 0.6 is 11.3 Å². The number of fused-ring (bicyclic) bond motifs is 1.